The zero-order chi connectivity index (χ0) is 16.3. The van der Waals surface area contributed by atoms with E-state index in [2.05, 4.69) is 4.74 Å². The summed E-state index contributed by atoms with van der Waals surface area (Å²) in [6.45, 7) is 0. The Bertz CT molecular complexity index is 663. The SMILES string of the molecule is O=Cc1cc(-c2ccc(C(F)F)cc2)ccc1OC(F)(F)F. The highest BCUT2D eigenvalue weighted by molar-refractivity contribution is 5.83. The number of alkyl halides is 5. The van der Waals surface area contributed by atoms with Gasteiger partial charge in [-0.1, -0.05) is 30.3 Å². The number of hydrogen-bond donors (Lipinski definition) is 0. The maximum atomic E-state index is 12.5. The molecule has 2 aromatic rings. The average Bonchev–Trinajstić information content (AvgIpc) is 2.46. The van der Waals surface area contributed by atoms with E-state index in [9.17, 15) is 26.7 Å². The molecular formula is C15H9F5O2. The van der Waals surface area contributed by atoms with Crippen LogP contribution in [0.5, 0.6) is 5.75 Å². The van der Waals surface area contributed by atoms with Gasteiger partial charge in [0.2, 0.25) is 0 Å². The molecule has 0 spiro atoms. The van der Waals surface area contributed by atoms with Gasteiger partial charge in [0.05, 0.1) is 5.56 Å². The van der Waals surface area contributed by atoms with Crippen LogP contribution in [0.4, 0.5) is 22.0 Å². The molecule has 116 valence electrons. The Morgan fingerprint density at radius 2 is 1.55 bits per heavy atom. The van der Waals surface area contributed by atoms with E-state index in [0.717, 1.165) is 6.07 Å². The summed E-state index contributed by atoms with van der Waals surface area (Å²) in [5, 5.41) is 0. The van der Waals surface area contributed by atoms with E-state index in [0.29, 0.717) is 11.1 Å². The number of aldehydes is 1. The third-order valence-corrected chi connectivity index (χ3v) is 2.86. The Morgan fingerprint density at radius 3 is 2.05 bits per heavy atom. The normalized spacial score (nSPS) is 11.5. The monoisotopic (exact) mass is 316 g/mol. The molecule has 2 rings (SSSR count). The van der Waals surface area contributed by atoms with E-state index in [4.69, 9.17) is 0 Å². The number of benzene rings is 2. The predicted molar refractivity (Wildman–Crippen MR) is 68.9 cm³/mol. The number of carbonyl (C=O) groups is 1. The quantitative estimate of drug-likeness (QED) is 0.586. The van der Waals surface area contributed by atoms with Crippen LogP contribution < -0.4 is 4.74 Å². The fraction of sp³-hybridized carbons (Fsp3) is 0.133. The number of carbonyl (C=O) groups excluding carboxylic acids is 1. The molecule has 0 aromatic heterocycles. The lowest BCUT2D eigenvalue weighted by Crippen LogP contribution is -2.18. The molecule has 0 aliphatic carbocycles. The van der Waals surface area contributed by atoms with Crippen molar-refractivity contribution in [1.29, 1.82) is 0 Å². The first kappa shape index (κ1) is 15.9. The maximum absolute atomic E-state index is 12.5. The second-order valence-electron chi connectivity index (χ2n) is 4.34. The summed E-state index contributed by atoms with van der Waals surface area (Å²) in [5.41, 5.74) is 0.452. The molecule has 2 nitrogen and oxygen atoms in total. The number of rotatable bonds is 4. The molecule has 0 N–H and O–H groups in total. The molecule has 0 aliphatic rings. The topological polar surface area (TPSA) is 26.3 Å². The van der Waals surface area contributed by atoms with Gasteiger partial charge in [0.1, 0.15) is 5.75 Å². The van der Waals surface area contributed by atoms with Crippen molar-refractivity contribution in [3.05, 3.63) is 53.6 Å². The van der Waals surface area contributed by atoms with Gasteiger partial charge in [-0.15, -0.1) is 13.2 Å². The second kappa shape index (κ2) is 6.13. The summed E-state index contributed by atoms with van der Waals surface area (Å²) < 4.78 is 65.2. The standard InChI is InChI=1S/C15H9F5O2/c16-14(17)10-3-1-9(2-4-10)11-5-6-13(12(7-11)8-21)22-15(18,19)20/h1-8,14H. The van der Waals surface area contributed by atoms with Gasteiger partial charge in [0, 0.05) is 5.56 Å². The molecule has 0 unspecified atom stereocenters. The zero-order valence-corrected chi connectivity index (χ0v) is 10.9. The Kier molecular flexibility index (Phi) is 4.44. The van der Waals surface area contributed by atoms with E-state index in [1.165, 1.54) is 36.4 Å². The first-order chi connectivity index (χ1) is 10.3. The highest BCUT2D eigenvalue weighted by Crippen LogP contribution is 2.30. The first-order valence-electron chi connectivity index (χ1n) is 6.03. The third kappa shape index (κ3) is 3.81. The molecule has 0 saturated carbocycles. The van der Waals surface area contributed by atoms with E-state index < -0.39 is 18.5 Å². The van der Waals surface area contributed by atoms with Crippen molar-refractivity contribution in [3.63, 3.8) is 0 Å². The van der Waals surface area contributed by atoms with Crippen molar-refractivity contribution in [2.75, 3.05) is 0 Å². The second-order valence-corrected chi connectivity index (χ2v) is 4.34. The van der Waals surface area contributed by atoms with Crippen molar-refractivity contribution < 1.29 is 31.5 Å². The fourth-order valence-electron chi connectivity index (χ4n) is 1.86. The van der Waals surface area contributed by atoms with Gasteiger partial charge in [-0.2, -0.15) is 0 Å². The van der Waals surface area contributed by atoms with Crippen LogP contribution in [0.25, 0.3) is 11.1 Å². The van der Waals surface area contributed by atoms with Crippen LogP contribution >= 0.6 is 0 Å². The summed E-state index contributed by atoms with van der Waals surface area (Å²) in [6, 6.07) is 8.73. The zero-order valence-electron chi connectivity index (χ0n) is 10.9. The van der Waals surface area contributed by atoms with E-state index in [1.54, 1.807) is 0 Å². The van der Waals surface area contributed by atoms with Crippen molar-refractivity contribution in [2.24, 2.45) is 0 Å². The third-order valence-electron chi connectivity index (χ3n) is 2.86. The smallest absolute Gasteiger partial charge is 0.405 e. The number of hydrogen-bond acceptors (Lipinski definition) is 2. The Morgan fingerprint density at radius 1 is 0.955 bits per heavy atom. The minimum atomic E-state index is -4.90. The van der Waals surface area contributed by atoms with Gasteiger partial charge in [-0.3, -0.25) is 4.79 Å². The van der Waals surface area contributed by atoms with Crippen LogP contribution in [0.2, 0.25) is 0 Å². The molecule has 0 amide bonds. The molecule has 0 bridgehead atoms. The van der Waals surface area contributed by atoms with Crippen LogP contribution in [0, 0.1) is 0 Å². The molecule has 0 saturated heterocycles. The largest absolute Gasteiger partial charge is 0.573 e. The van der Waals surface area contributed by atoms with E-state index in [-0.39, 0.29) is 17.4 Å². The van der Waals surface area contributed by atoms with Crippen LogP contribution in [0.15, 0.2) is 42.5 Å². The van der Waals surface area contributed by atoms with Gasteiger partial charge in [0.25, 0.3) is 6.43 Å². The highest BCUT2D eigenvalue weighted by Gasteiger charge is 2.32. The summed E-state index contributed by atoms with van der Waals surface area (Å²) in [4.78, 5) is 10.9. The lowest BCUT2D eigenvalue weighted by Gasteiger charge is -2.12. The molecule has 7 heteroatoms. The van der Waals surface area contributed by atoms with Gasteiger partial charge in [-0.05, 0) is 23.3 Å². The van der Waals surface area contributed by atoms with Crippen molar-refractivity contribution >= 4 is 6.29 Å². The molecule has 2 aromatic carbocycles. The first-order valence-corrected chi connectivity index (χ1v) is 6.03. The Labute approximate surface area is 122 Å². The van der Waals surface area contributed by atoms with Gasteiger partial charge in [-0.25, -0.2) is 8.78 Å². The van der Waals surface area contributed by atoms with Crippen molar-refractivity contribution in [3.8, 4) is 16.9 Å². The van der Waals surface area contributed by atoms with Crippen molar-refractivity contribution in [1.82, 2.24) is 0 Å². The number of ether oxygens (including phenoxy) is 1. The van der Waals surface area contributed by atoms with E-state index >= 15 is 0 Å². The summed E-state index contributed by atoms with van der Waals surface area (Å²) in [7, 11) is 0. The fourth-order valence-corrected chi connectivity index (χ4v) is 1.86. The van der Waals surface area contributed by atoms with Crippen LogP contribution in [-0.2, 0) is 0 Å². The maximum Gasteiger partial charge on any atom is 0.573 e. The van der Waals surface area contributed by atoms with Crippen LogP contribution in [0.3, 0.4) is 0 Å². The predicted octanol–water partition coefficient (Wildman–Crippen LogP) is 5.00. The van der Waals surface area contributed by atoms with Gasteiger partial charge < -0.3 is 4.74 Å². The molecule has 22 heavy (non-hydrogen) atoms. The summed E-state index contributed by atoms with van der Waals surface area (Å²) in [5.74, 6) is -0.615. The van der Waals surface area contributed by atoms with Crippen LogP contribution in [-0.4, -0.2) is 12.6 Å². The molecule has 0 radical (unpaired) electrons. The minimum absolute atomic E-state index is 0.170. The highest BCUT2D eigenvalue weighted by atomic mass is 19.4. The van der Waals surface area contributed by atoms with Gasteiger partial charge in [0.15, 0.2) is 6.29 Å². The Balaban J connectivity index is 2.34. The molecular weight excluding hydrogens is 307 g/mol. The minimum Gasteiger partial charge on any atom is -0.405 e. The summed E-state index contributed by atoms with van der Waals surface area (Å²) >= 11 is 0. The van der Waals surface area contributed by atoms with Crippen molar-refractivity contribution in [2.45, 2.75) is 12.8 Å². The van der Waals surface area contributed by atoms with Gasteiger partial charge >= 0.3 is 6.36 Å². The molecule has 0 fully saturated rings. The molecule has 0 aliphatic heterocycles. The lowest BCUT2D eigenvalue weighted by atomic mass is 10.0. The summed E-state index contributed by atoms with van der Waals surface area (Å²) in [6.07, 6.45) is -7.28. The Hall–Kier alpha value is -2.44. The van der Waals surface area contributed by atoms with Crippen LogP contribution in [0.1, 0.15) is 22.3 Å². The molecule has 0 heterocycles. The van der Waals surface area contributed by atoms with E-state index in [1.807, 2.05) is 0 Å². The number of halogens is 5. The lowest BCUT2D eigenvalue weighted by molar-refractivity contribution is -0.274. The molecule has 0 atom stereocenters. The average molecular weight is 316 g/mol.